The summed E-state index contributed by atoms with van der Waals surface area (Å²) in [5.74, 6) is 0.131. The molecule has 0 spiro atoms. The topological polar surface area (TPSA) is 9.23 Å². The van der Waals surface area contributed by atoms with Crippen LogP contribution in [0, 0.1) is 0 Å². The fourth-order valence-corrected chi connectivity index (χ4v) is 6.58. The first-order chi connectivity index (χ1) is 15.7. The molecule has 4 aromatic carbocycles. The molecule has 157 valence electrons. The second kappa shape index (κ2) is 9.39. The van der Waals surface area contributed by atoms with Gasteiger partial charge in [-0.2, -0.15) is 0 Å². The Balaban J connectivity index is 1.80. The van der Waals surface area contributed by atoms with Gasteiger partial charge in [0.1, 0.15) is 0 Å². The molecule has 0 aromatic heterocycles. The van der Waals surface area contributed by atoms with Crippen LogP contribution >= 0.6 is 18.6 Å². The molecule has 1 nitrogen and oxygen atoms in total. The molecule has 1 aliphatic carbocycles. The Morgan fingerprint density at radius 3 is 1.78 bits per heavy atom. The van der Waals surface area contributed by atoms with E-state index < -0.39 is 21.7 Å². The zero-order valence-electron chi connectivity index (χ0n) is 17.3. The van der Waals surface area contributed by atoms with E-state index in [2.05, 4.69) is 84.9 Å². The van der Waals surface area contributed by atoms with Crippen LogP contribution in [-0.2, 0) is 25.1 Å². The Labute approximate surface area is 203 Å². The first kappa shape index (κ1) is 21.7. The fourth-order valence-electron chi connectivity index (χ4n) is 4.72. The van der Waals surface area contributed by atoms with Gasteiger partial charge in [0.05, 0.1) is 0 Å². The van der Waals surface area contributed by atoms with Crippen LogP contribution in [0.5, 0.6) is 0 Å². The van der Waals surface area contributed by atoms with E-state index in [-0.39, 0.29) is 5.92 Å². The third-order valence-corrected chi connectivity index (χ3v) is 7.42. The van der Waals surface area contributed by atoms with Gasteiger partial charge in [0, 0.05) is 0 Å². The van der Waals surface area contributed by atoms with Crippen molar-refractivity contribution in [3.8, 4) is 0 Å². The van der Waals surface area contributed by atoms with Crippen LogP contribution in [0.15, 0.2) is 115 Å². The Bertz CT molecular complexity index is 1200. The van der Waals surface area contributed by atoms with E-state index in [0.29, 0.717) is 0 Å². The van der Waals surface area contributed by atoms with Crippen molar-refractivity contribution in [1.82, 2.24) is 0 Å². The molecule has 4 aromatic rings. The van der Waals surface area contributed by atoms with Gasteiger partial charge in [0.25, 0.3) is 0 Å². The number of halogens is 2. The monoisotopic (exact) mass is 491 g/mol. The van der Waals surface area contributed by atoms with Gasteiger partial charge < -0.3 is 0 Å². The van der Waals surface area contributed by atoms with Crippen LogP contribution in [0.4, 0.5) is 0 Å². The Morgan fingerprint density at radius 1 is 0.625 bits per heavy atom. The fraction of sp³-hybridized carbons (Fsp3) is 0.0714. The molecular weight excluding hydrogens is 471 g/mol. The van der Waals surface area contributed by atoms with E-state index in [1.807, 2.05) is 36.4 Å². The molecule has 1 atom stereocenters. The molecule has 5 rings (SSSR count). The van der Waals surface area contributed by atoms with Crippen LogP contribution < -0.4 is 0 Å². The number of hydrogen-bond acceptors (Lipinski definition) is 1. The Kier molecular flexibility index (Phi) is 6.37. The molecule has 1 unspecified atom stereocenters. The standard InChI is InChI=1S/C28H21O.2ClH.Ti/c29-28(22-12-3-1-4-13-22,23-14-5-2-6-15-23)27-18-10-9-17-26(27)25-20-19-21-11-7-8-16-24(21)25;;;/h1-20,25H;2*1H;/q-1;;;+3/p-2. The first-order valence-electron chi connectivity index (χ1n) is 10.5. The van der Waals surface area contributed by atoms with Crippen molar-refractivity contribution in [3.63, 3.8) is 0 Å². The summed E-state index contributed by atoms with van der Waals surface area (Å²) in [6.45, 7) is 0. The second-order valence-electron chi connectivity index (χ2n) is 7.79. The molecule has 0 saturated carbocycles. The number of fused-ring (bicyclic) bond motifs is 1. The van der Waals surface area contributed by atoms with E-state index in [1.54, 1.807) is 0 Å². The normalized spacial score (nSPS) is 14.9. The van der Waals surface area contributed by atoms with Crippen LogP contribution in [0.1, 0.15) is 39.3 Å². The summed E-state index contributed by atoms with van der Waals surface area (Å²) in [5.41, 5.74) is 5.93. The van der Waals surface area contributed by atoms with Crippen molar-refractivity contribution < 1.29 is 19.5 Å². The third-order valence-electron chi connectivity index (χ3n) is 6.07. The van der Waals surface area contributed by atoms with E-state index in [0.717, 1.165) is 16.7 Å². The van der Waals surface area contributed by atoms with Crippen LogP contribution in [-0.4, -0.2) is 0 Å². The van der Waals surface area contributed by atoms with Crippen molar-refractivity contribution in [3.05, 3.63) is 149 Å². The molecule has 0 fully saturated rings. The van der Waals surface area contributed by atoms with Crippen LogP contribution in [0.25, 0.3) is 6.08 Å². The van der Waals surface area contributed by atoms with E-state index in [9.17, 15) is 0 Å². The molecule has 4 heteroatoms. The van der Waals surface area contributed by atoms with Crippen molar-refractivity contribution in [1.29, 1.82) is 0 Å². The molecular formula is C28H21Cl2OTi. The van der Waals surface area contributed by atoms with Gasteiger partial charge >= 0.3 is 204 Å². The van der Waals surface area contributed by atoms with Gasteiger partial charge in [0.15, 0.2) is 0 Å². The van der Waals surface area contributed by atoms with Crippen molar-refractivity contribution in [2.45, 2.75) is 11.5 Å². The molecule has 32 heavy (non-hydrogen) atoms. The molecule has 0 radical (unpaired) electrons. The van der Waals surface area contributed by atoms with E-state index in [4.69, 9.17) is 21.9 Å². The van der Waals surface area contributed by atoms with E-state index in [1.165, 1.54) is 16.7 Å². The van der Waals surface area contributed by atoms with Crippen molar-refractivity contribution >= 4 is 24.7 Å². The number of hydrogen-bond donors (Lipinski definition) is 0. The summed E-state index contributed by atoms with van der Waals surface area (Å²) in [6.07, 6.45) is 4.47. The van der Waals surface area contributed by atoms with Gasteiger partial charge in [-0.25, -0.2) is 0 Å². The number of benzene rings is 4. The summed E-state index contributed by atoms with van der Waals surface area (Å²) >= 11 is -2.80. The van der Waals surface area contributed by atoms with Crippen molar-refractivity contribution in [2.75, 3.05) is 0 Å². The minimum atomic E-state index is -2.80. The van der Waals surface area contributed by atoms with Gasteiger partial charge in [0.2, 0.25) is 0 Å². The summed E-state index contributed by atoms with van der Waals surface area (Å²) in [6, 6.07) is 37.6. The summed E-state index contributed by atoms with van der Waals surface area (Å²) in [7, 11) is 13.0. The number of allylic oxidation sites excluding steroid dienone is 1. The SMILES string of the molecule is [Cl][Ti]([Cl])[O]C(c1ccccc1)(c1ccccc1)c1ccccc1C1C=Cc2ccccc21. The molecule has 0 heterocycles. The molecule has 0 amide bonds. The van der Waals surface area contributed by atoms with Crippen LogP contribution in [0.3, 0.4) is 0 Å². The van der Waals surface area contributed by atoms with Gasteiger partial charge in [-0.05, 0) is 0 Å². The average molecular weight is 492 g/mol. The summed E-state index contributed by atoms with van der Waals surface area (Å²) < 4.78 is 6.66. The second-order valence-corrected chi connectivity index (χ2v) is 12.4. The first-order valence-corrected chi connectivity index (χ1v) is 15.5. The Morgan fingerprint density at radius 2 is 1.16 bits per heavy atom. The zero-order chi connectivity index (χ0) is 22.0. The number of rotatable bonds is 6. The maximum atomic E-state index is 6.66. The van der Waals surface area contributed by atoms with Gasteiger partial charge in [-0.3, -0.25) is 0 Å². The van der Waals surface area contributed by atoms with Crippen LogP contribution in [0.2, 0.25) is 0 Å². The maximum absolute atomic E-state index is 6.66. The van der Waals surface area contributed by atoms with Gasteiger partial charge in [-0.1, -0.05) is 0 Å². The molecule has 1 aliphatic rings. The predicted molar refractivity (Wildman–Crippen MR) is 129 cm³/mol. The molecule has 0 N–H and O–H groups in total. The zero-order valence-corrected chi connectivity index (χ0v) is 20.4. The molecule has 0 saturated heterocycles. The average Bonchev–Trinajstić information content (AvgIpc) is 3.28. The third kappa shape index (κ3) is 3.90. The van der Waals surface area contributed by atoms with Crippen molar-refractivity contribution in [2.24, 2.45) is 0 Å². The molecule has 0 aliphatic heterocycles. The summed E-state index contributed by atoms with van der Waals surface area (Å²) in [4.78, 5) is 0. The summed E-state index contributed by atoms with van der Waals surface area (Å²) in [5, 5.41) is 0. The minimum absolute atomic E-state index is 0.131. The van der Waals surface area contributed by atoms with Gasteiger partial charge in [-0.15, -0.1) is 0 Å². The Hall–Kier alpha value is -2.13. The predicted octanol–water partition coefficient (Wildman–Crippen LogP) is 7.99. The quantitative estimate of drug-likeness (QED) is 0.196. The van der Waals surface area contributed by atoms with E-state index >= 15 is 0 Å². The molecule has 0 bridgehead atoms.